The van der Waals surface area contributed by atoms with Crippen molar-refractivity contribution < 1.29 is 8.42 Å². The summed E-state index contributed by atoms with van der Waals surface area (Å²) in [7, 11) is -1.48. The Balaban J connectivity index is 1.47. The molecule has 1 aromatic rings. The lowest BCUT2D eigenvalue weighted by molar-refractivity contribution is 0.456. The van der Waals surface area contributed by atoms with Gasteiger partial charge in [-0.1, -0.05) is 12.1 Å². The Hall–Kier alpha value is -0.910. The van der Waals surface area contributed by atoms with Crippen molar-refractivity contribution in [3.63, 3.8) is 0 Å². The van der Waals surface area contributed by atoms with E-state index in [1.165, 1.54) is 19.3 Å². The monoisotopic (exact) mass is 306 g/mol. The molecule has 4 atom stereocenters. The van der Waals surface area contributed by atoms with Crippen LogP contribution in [-0.2, 0) is 16.6 Å². The van der Waals surface area contributed by atoms with Crippen LogP contribution in [0.25, 0.3) is 0 Å². The van der Waals surface area contributed by atoms with Gasteiger partial charge in [-0.3, -0.25) is 0 Å². The van der Waals surface area contributed by atoms with Gasteiger partial charge in [-0.15, -0.1) is 0 Å². The highest BCUT2D eigenvalue weighted by Crippen LogP contribution is 2.65. The summed E-state index contributed by atoms with van der Waals surface area (Å²) >= 11 is 0. The first-order chi connectivity index (χ1) is 10.1. The molecule has 3 fully saturated rings. The molecule has 21 heavy (non-hydrogen) atoms. The molecular formula is C16H22N2O2S. The summed E-state index contributed by atoms with van der Waals surface area (Å²) in [5.41, 5.74) is 1.10. The first-order valence-electron chi connectivity index (χ1n) is 7.86. The van der Waals surface area contributed by atoms with Crippen molar-refractivity contribution in [2.75, 3.05) is 7.05 Å². The van der Waals surface area contributed by atoms with E-state index in [1.54, 1.807) is 12.1 Å². The van der Waals surface area contributed by atoms with E-state index in [4.69, 9.17) is 0 Å². The van der Waals surface area contributed by atoms with Gasteiger partial charge in [0.1, 0.15) is 0 Å². The normalized spacial score (nSPS) is 36.7. The maximum atomic E-state index is 12.5. The van der Waals surface area contributed by atoms with Crippen LogP contribution in [-0.4, -0.2) is 21.5 Å². The molecule has 4 nitrogen and oxygen atoms in total. The van der Waals surface area contributed by atoms with Crippen LogP contribution in [0, 0.1) is 23.7 Å². The summed E-state index contributed by atoms with van der Waals surface area (Å²) < 4.78 is 27.9. The Morgan fingerprint density at radius 3 is 2.29 bits per heavy atom. The van der Waals surface area contributed by atoms with Gasteiger partial charge in [-0.25, -0.2) is 13.1 Å². The summed E-state index contributed by atoms with van der Waals surface area (Å²) in [5.74, 6) is 2.82. The molecule has 4 rings (SSSR count). The van der Waals surface area contributed by atoms with Gasteiger partial charge in [0.15, 0.2) is 0 Å². The largest absolute Gasteiger partial charge is 0.316 e. The Morgan fingerprint density at radius 2 is 1.71 bits per heavy atom. The standard InChI is InChI=1S/C16H22N2O2S/c1-17-9-10-2-6-13(7-3-10)21(19,20)18-16-14-11-4-5-12(8-11)15(14)16/h2-3,6-7,11-12,14-18H,4-5,8-9H2,1H3. The van der Waals surface area contributed by atoms with E-state index in [0.29, 0.717) is 16.7 Å². The number of hydrogen-bond acceptors (Lipinski definition) is 3. The molecule has 2 N–H and O–H groups in total. The number of fused-ring (bicyclic) bond motifs is 5. The second kappa shape index (κ2) is 4.80. The summed E-state index contributed by atoms with van der Waals surface area (Å²) in [4.78, 5) is 0.389. The van der Waals surface area contributed by atoms with Crippen LogP contribution in [0.3, 0.4) is 0 Å². The van der Waals surface area contributed by atoms with E-state index in [-0.39, 0.29) is 6.04 Å². The second-order valence-corrected chi connectivity index (χ2v) is 8.52. The van der Waals surface area contributed by atoms with Crippen molar-refractivity contribution in [3.05, 3.63) is 29.8 Å². The van der Waals surface area contributed by atoms with Gasteiger partial charge < -0.3 is 5.32 Å². The molecule has 3 aliphatic rings. The summed E-state index contributed by atoms with van der Waals surface area (Å²) in [6.07, 6.45) is 3.96. The van der Waals surface area contributed by atoms with E-state index in [1.807, 2.05) is 19.2 Å². The smallest absolute Gasteiger partial charge is 0.240 e. The molecule has 0 aliphatic heterocycles. The maximum absolute atomic E-state index is 12.5. The lowest BCUT2D eigenvalue weighted by atomic mass is 10.0. The van der Waals surface area contributed by atoms with Crippen molar-refractivity contribution in [2.24, 2.45) is 23.7 Å². The van der Waals surface area contributed by atoms with Crippen molar-refractivity contribution >= 4 is 10.0 Å². The zero-order valence-electron chi connectivity index (χ0n) is 12.2. The Bertz CT molecular complexity index is 625. The average Bonchev–Trinajstić information content (AvgIpc) is 2.85. The lowest BCUT2D eigenvalue weighted by Crippen LogP contribution is -2.30. The molecule has 0 radical (unpaired) electrons. The van der Waals surface area contributed by atoms with Crippen molar-refractivity contribution in [1.29, 1.82) is 0 Å². The summed E-state index contributed by atoms with van der Waals surface area (Å²) in [6, 6.07) is 7.38. The van der Waals surface area contributed by atoms with Crippen LogP contribution in [0.4, 0.5) is 0 Å². The van der Waals surface area contributed by atoms with Gasteiger partial charge >= 0.3 is 0 Å². The van der Waals surface area contributed by atoms with E-state index in [0.717, 1.165) is 23.9 Å². The van der Waals surface area contributed by atoms with Gasteiger partial charge in [0.25, 0.3) is 0 Å². The maximum Gasteiger partial charge on any atom is 0.240 e. The fourth-order valence-corrected chi connectivity index (χ4v) is 6.02. The molecule has 5 heteroatoms. The minimum Gasteiger partial charge on any atom is -0.316 e. The zero-order valence-corrected chi connectivity index (χ0v) is 13.1. The Morgan fingerprint density at radius 1 is 1.10 bits per heavy atom. The number of rotatable bonds is 5. The van der Waals surface area contributed by atoms with E-state index < -0.39 is 10.0 Å². The van der Waals surface area contributed by atoms with Gasteiger partial charge in [-0.05, 0) is 67.7 Å². The molecule has 1 aromatic carbocycles. The fraction of sp³-hybridized carbons (Fsp3) is 0.625. The first-order valence-corrected chi connectivity index (χ1v) is 9.34. The third-order valence-electron chi connectivity index (χ3n) is 5.64. The van der Waals surface area contributed by atoms with Gasteiger partial charge in [0.2, 0.25) is 10.0 Å². The summed E-state index contributed by atoms with van der Waals surface area (Å²) in [6.45, 7) is 0.754. The molecule has 0 spiro atoms. The highest BCUT2D eigenvalue weighted by molar-refractivity contribution is 7.89. The lowest BCUT2D eigenvalue weighted by Gasteiger charge is -2.11. The minimum atomic E-state index is -3.36. The van der Waals surface area contributed by atoms with Crippen molar-refractivity contribution in [3.8, 4) is 0 Å². The van der Waals surface area contributed by atoms with Crippen LogP contribution >= 0.6 is 0 Å². The molecule has 0 aromatic heterocycles. The van der Waals surface area contributed by atoms with E-state index in [9.17, 15) is 8.42 Å². The van der Waals surface area contributed by atoms with Crippen molar-refractivity contribution in [1.82, 2.24) is 10.0 Å². The van der Waals surface area contributed by atoms with Crippen LogP contribution in [0.2, 0.25) is 0 Å². The van der Waals surface area contributed by atoms with E-state index >= 15 is 0 Å². The molecule has 114 valence electrons. The fourth-order valence-electron chi connectivity index (χ4n) is 4.72. The molecule has 3 saturated carbocycles. The third kappa shape index (κ3) is 2.22. The van der Waals surface area contributed by atoms with Crippen LogP contribution in [0.15, 0.2) is 29.2 Å². The second-order valence-electron chi connectivity index (χ2n) is 6.81. The van der Waals surface area contributed by atoms with Gasteiger partial charge in [0.05, 0.1) is 4.90 Å². The number of hydrogen-bond donors (Lipinski definition) is 2. The molecule has 3 aliphatic carbocycles. The Labute approximate surface area is 126 Å². The van der Waals surface area contributed by atoms with Crippen LogP contribution in [0.1, 0.15) is 24.8 Å². The quantitative estimate of drug-likeness (QED) is 0.871. The molecule has 4 unspecified atom stereocenters. The minimum absolute atomic E-state index is 0.207. The highest BCUT2D eigenvalue weighted by atomic mass is 32.2. The zero-order chi connectivity index (χ0) is 14.6. The van der Waals surface area contributed by atoms with Gasteiger partial charge in [-0.2, -0.15) is 0 Å². The molecular weight excluding hydrogens is 284 g/mol. The molecule has 2 bridgehead atoms. The molecule has 0 amide bonds. The predicted molar refractivity (Wildman–Crippen MR) is 81.1 cm³/mol. The SMILES string of the molecule is CNCc1ccc(S(=O)(=O)NC2C3C4CCC(C4)C23)cc1. The van der Waals surface area contributed by atoms with Gasteiger partial charge in [0, 0.05) is 12.6 Å². The molecule has 0 heterocycles. The van der Waals surface area contributed by atoms with E-state index in [2.05, 4.69) is 10.0 Å². The predicted octanol–water partition coefficient (Wildman–Crippen LogP) is 1.73. The topological polar surface area (TPSA) is 58.2 Å². The number of sulfonamides is 1. The molecule has 0 saturated heterocycles. The first kappa shape index (κ1) is 13.7. The van der Waals surface area contributed by atoms with Crippen molar-refractivity contribution in [2.45, 2.75) is 36.7 Å². The van der Waals surface area contributed by atoms with Crippen LogP contribution < -0.4 is 10.0 Å². The van der Waals surface area contributed by atoms with Crippen LogP contribution in [0.5, 0.6) is 0 Å². The third-order valence-corrected chi connectivity index (χ3v) is 7.12. The Kier molecular flexibility index (Phi) is 3.14. The highest BCUT2D eigenvalue weighted by Gasteiger charge is 2.65. The summed E-state index contributed by atoms with van der Waals surface area (Å²) in [5, 5.41) is 3.06. The number of nitrogens with one attached hydrogen (secondary N) is 2. The average molecular weight is 306 g/mol. The number of benzene rings is 1.